The standard InChI is InChI=1S/C14H17ClN4O/c1-14(2,3)11-4-10(5-12(15)19-11)13(20)16-6-9-7-17-18-8-9/h4-5,7-8H,6H2,1-3H3,(H,16,20)(H,17,18). The first kappa shape index (κ1) is 14.5. The van der Waals surface area contributed by atoms with Gasteiger partial charge < -0.3 is 5.32 Å². The van der Waals surface area contributed by atoms with Gasteiger partial charge in [0.1, 0.15) is 5.15 Å². The molecule has 0 atom stereocenters. The summed E-state index contributed by atoms with van der Waals surface area (Å²) in [7, 11) is 0. The number of H-pyrrole nitrogens is 1. The molecule has 0 spiro atoms. The molecule has 2 N–H and O–H groups in total. The smallest absolute Gasteiger partial charge is 0.251 e. The quantitative estimate of drug-likeness (QED) is 0.855. The van der Waals surface area contributed by atoms with Crippen LogP contribution in [0.15, 0.2) is 24.5 Å². The second-order valence-corrected chi connectivity index (χ2v) is 5.99. The molecule has 2 rings (SSSR count). The maximum Gasteiger partial charge on any atom is 0.251 e. The Morgan fingerprint density at radius 2 is 2.15 bits per heavy atom. The SMILES string of the molecule is CC(C)(C)c1cc(C(=O)NCc2cn[nH]c2)cc(Cl)n1. The van der Waals surface area contributed by atoms with E-state index in [-0.39, 0.29) is 11.3 Å². The van der Waals surface area contributed by atoms with Crippen LogP contribution in [0.4, 0.5) is 0 Å². The van der Waals surface area contributed by atoms with E-state index in [0.717, 1.165) is 11.3 Å². The first-order valence-corrected chi connectivity index (χ1v) is 6.68. The Hall–Kier alpha value is -1.88. The predicted molar refractivity (Wildman–Crippen MR) is 77.7 cm³/mol. The summed E-state index contributed by atoms with van der Waals surface area (Å²) in [5.74, 6) is -0.180. The van der Waals surface area contributed by atoms with Crippen molar-refractivity contribution < 1.29 is 4.79 Å². The predicted octanol–water partition coefficient (Wildman–Crippen LogP) is 2.69. The zero-order valence-corrected chi connectivity index (χ0v) is 12.5. The number of carbonyl (C=O) groups is 1. The fraction of sp³-hybridized carbons (Fsp3) is 0.357. The van der Waals surface area contributed by atoms with Crippen molar-refractivity contribution in [1.29, 1.82) is 0 Å². The minimum Gasteiger partial charge on any atom is -0.348 e. The molecule has 0 radical (unpaired) electrons. The largest absolute Gasteiger partial charge is 0.348 e. The van der Waals surface area contributed by atoms with Crippen molar-refractivity contribution >= 4 is 17.5 Å². The monoisotopic (exact) mass is 292 g/mol. The summed E-state index contributed by atoms with van der Waals surface area (Å²) in [5.41, 5.74) is 2.05. The molecule has 0 aromatic carbocycles. The second kappa shape index (κ2) is 5.63. The van der Waals surface area contributed by atoms with E-state index in [0.29, 0.717) is 17.3 Å². The number of amides is 1. The third-order valence-electron chi connectivity index (χ3n) is 2.83. The van der Waals surface area contributed by atoms with Gasteiger partial charge in [-0.2, -0.15) is 5.10 Å². The number of halogens is 1. The number of pyridine rings is 1. The molecular weight excluding hydrogens is 276 g/mol. The number of nitrogens with zero attached hydrogens (tertiary/aromatic N) is 2. The molecule has 1 amide bonds. The molecular formula is C14H17ClN4O. The Kier molecular flexibility index (Phi) is 4.09. The molecule has 2 aromatic rings. The van der Waals surface area contributed by atoms with Crippen LogP contribution < -0.4 is 5.32 Å². The molecule has 0 bridgehead atoms. The highest BCUT2D eigenvalue weighted by atomic mass is 35.5. The highest BCUT2D eigenvalue weighted by Crippen LogP contribution is 2.23. The molecule has 0 saturated heterocycles. The van der Waals surface area contributed by atoms with Gasteiger partial charge in [0, 0.05) is 35.0 Å². The summed E-state index contributed by atoms with van der Waals surface area (Å²) in [6.45, 7) is 6.50. The normalized spacial score (nSPS) is 11.4. The number of carbonyl (C=O) groups excluding carboxylic acids is 1. The van der Waals surface area contributed by atoms with Gasteiger partial charge in [-0.1, -0.05) is 32.4 Å². The maximum atomic E-state index is 12.1. The zero-order valence-electron chi connectivity index (χ0n) is 11.7. The van der Waals surface area contributed by atoms with E-state index in [2.05, 4.69) is 20.5 Å². The molecule has 106 valence electrons. The number of aromatic nitrogens is 3. The third kappa shape index (κ3) is 3.57. The molecule has 0 aliphatic carbocycles. The van der Waals surface area contributed by atoms with Gasteiger partial charge in [0.05, 0.1) is 6.20 Å². The molecule has 2 heterocycles. The van der Waals surface area contributed by atoms with Gasteiger partial charge in [-0.25, -0.2) is 4.98 Å². The van der Waals surface area contributed by atoms with Gasteiger partial charge in [0.15, 0.2) is 0 Å². The lowest BCUT2D eigenvalue weighted by Gasteiger charge is -2.18. The Morgan fingerprint density at radius 1 is 1.40 bits per heavy atom. The van der Waals surface area contributed by atoms with E-state index >= 15 is 0 Å². The summed E-state index contributed by atoms with van der Waals surface area (Å²) >= 11 is 5.99. The summed E-state index contributed by atoms with van der Waals surface area (Å²) in [6, 6.07) is 3.35. The lowest BCUT2D eigenvalue weighted by molar-refractivity contribution is 0.0950. The van der Waals surface area contributed by atoms with Crippen molar-refractivity contribution in [1.82, 2.24) is 20.5 Å². The van der Waals surface area contributed by atoms with Crippen molar-refractivity contribution in [2.45, 2.75) is 32.7 Å². The van der Waals surface area contributed by atoms with Gasteiger partial charge >= 0.3 is 0 Å². The van der Waals surface area contributed by atoms with Crippen LogP contribution >= 0.6 is 11.6 Å². The first-order chi connectivity index (χ1) is 9.36. The van der Waals surface area contributed by atoms with Crippen LogP contribution in [0.1, 0.15) is 42.4 Å². The van der Waals surface area contributed by atoms with Crippen molar-refractivity contribution in [2.75, 3.05) is 0 Å². The number of rotatable bonds is 3. The lowest BCUT2D eigenvalue weighted by Crippen LogP contribution is -2.24. The van der Waals surface area contributed by atoms with Gasteiger partial charge in [-0.15, -0.1) is 0 Å². The van der Waals surface area contributed by atoms with E-state index in [1.54, 1.807) is 24.5 Å². The molecule has 0 fully saturated rings. The van der Waals surface area contributed by atoms with Gasteiger partial charge in [0.2, 0.25) is 0 Å². The first-order valence-electron chi connectivity index (χ1n) is 6.30. The van der Waals surface area contributed by atoms with E-state index in [1.807, 2.05) is 20.8 Å². The van der Waals surface area contributed by atoms with Crippen LogP contribution in [0.2, 0.25) is 5.15 Å². The molecule has 0 unspecified atom stereocenters. The number of hydrogen-bond acceptors (Lipinski definition) is 3. The Balaban J connectivity index is 2.15. The topological polar surface area (TPSA) is 70.7 Å². The average molecular weight is 293 g/mol. The molecule has 0 saturated carbocycles. The van der Waals surface area contributed by atoms with Crippen LogP contribution in [-0.4, -0.2) is 21.1 Å². The highest BCUT2D eigenvalue weighted by Gasteiger charge is 2.18. The maximum absolute atomic E-state index is 12.1. The van der Waals surface area contributed by atoms with Crippen molar-refractivity contribution in [2.24, 2.45) is 0 Å². The van der Waals surface area contributed by atoms with E-state index in [9.17, 15) is 4.79 Å². The summed E-state index contributed by atoms with van der Waals surface area (Å²) in [6.07, 6.45) is 3.40. The fourth-order valence-corrected chi connectivity index (χ4v) is 1.88. The van der Waals surface area contributed by atoms with Crippen molar-refractivity contribution in [3.05, 3.63) is 46.5 Å². The number of hydrogen-bond donors (Lipinski definition) is 2. The fourth-order valence-electron chi connectivity index (χ4n) is 1.67. The van der Waals surface area contributed by atoms with E-state index in [1.165, 1.54) is 0 Å². The van der Waals surface area contributed by atoms with Gasteiger partial charge in [-0.05, 0) is 12.1 Å². The summed E-state index contributed by atoms with van der Waals surface area (Å²) in [5, 5.41) is 9.67. The molecule has 2 aromatic heterocycles. The van der Waals surface area contributed by atoms with E-state index in [4.69, 9.17) is 11.6 Å². The molecule has 6 heteroatoms. The molecule has 0 aliphatic rings. The van der Waals surface area contributed by atoms with Crippen LogP contribution in [0.3, 0.4) is 0 Å². The highest BCUT2D eigenvalue weighted by molar-refractivity contribution is 6.29. The van der Waals surface area contributed by atoms with Crippen LogP contribution in [0.25, 0.3) is 0 Å². The molecule has 20 heavy (non-hydrogen) atoms. The minimum absolute atomic E-state index is 0.162. The molecule has 5 nitrogen and oxygen atoms in total. The van der Waals surface area contributed by atoms with Crippen LogP contribution in [0, 0.1) is 0 Å². The van der Waals surface area contributed by atoms with Crippen molar-refractivity contribution in [3.63, 3.8) is 0 Å². The minimum atomic E-state index is -0.180. The Morgan fingerprint density at radius 3 is 2.75 bits per heavy atom. The van der Waals surface area contributed by atoms with E-state index < -0.39 is 0 Å². The van der Waals surface area contributed by atoms with Gasteiger partial charge in [-0.3, -0.25) is 9.89 Å². The second-order valence-electron chi connectivity index (χ2n) is 5.60. The van der Waals surface area contributed by atoms with Crippen LogP contribution in [0.5, 0.6) is 0 Å². The lowest BCUT2D eigenvalue weighted by atomic mass is 9.91. The third-order valence-corrected chi connectivity index (χ3v) is 3.03. The number of nitrogens with one attached hydrogen (secondary N) is 2. The Labute approximate surface area is 122 Å². The average Bonchev–Trinajstić information content (AvgIpc) is 2.87. The van der Waals surface area contributed by atoms with Gasteiger partial charge in [0.25, 0.3) is 5.91 Å². The van der Waals surface area contributed by atoms with Crippen molar-refractivity contribution in [3.8, 4) is 0 Å². The zero-order chi connectivity index (χ0) is 14.8. The summed E-state index contributed by atoms with van der Waals surface area (Å²) in [4.78, 5) is 16.4. The van der Waals surface area contributed by atoms with Crippen LogP contribution in [-0.2, 0) is 12.0 Å². The Bertz CT molecular complexity index is 602. The number of aromatic amines is 1. The summed E-state index contributed by atoms with van der Waals surface area (Å²) < 4.78 is 0. The molecule has 0 aliphatic heterocycles.